The maximum atomic E-state index is 12.9. The van der Waals surface area contributed by atoms with Crippen molar-refractivity contribution in [2.75, 3.05) is 19.6 Å². The van der Waals surface area contributed by atoms with Crippen molar-refractivity contribution in [3.63, 3.8) is 0 Å². The SMILES string of the molecule is O=C1CCC(N2Cc3c(CNCC4CC5(CCNCC5)O4)cccc3C2=O)C(=O)N1. The van der Waals surface area contributed by atoms with E-state index in [-0.39, 0.29) is 35.8 Å². The van der Waals surface area contributed by atoms with Gasteiger partial charge in [-0.15, -0.1) is 0 Å². The van der Waals surface area contributed by atoms with Crippen molar-refractivity contribution in [3.05, 3.63) is 34.9 Å². The second-order valence-electron chi connectivity index (χ2n) is 8.85. The van der Waals surface area contributed by atoms with E-state index in [1.807, 2.05) is 18.2 Å². The lowest BCUT2D eigenvalue weighted by Crippen LogP contribution is -2.58. The standard InChI is InChI=1S/C22H28N4O4/c27-19-5-4-18(20(28)25-19)26-13-17-14(2-1-3-16(17)21(26)29)11-24-12-15-10-22(30-15)6-8-23-9-7-22/h1-3,15,18,23-24H,4-13H2,(H,25,27,28). The Kier molecular flexibility index (Phi) is 5.08. The number of benzene rings is 1. The summed E-state index contributed by atoms with van der Waals surface area (Å²) in [6.45, 7) is 3.94. The molecule has 2 atom stereocenters. The van der Waals surface area contributed by atoms with Gasteiger partial charge in [0.05, 0.1) is 11.7 Å². The molecule has 0 aliphatic carbocycles. The van der Waals surface area contributed by atoms with Crippen molar-refractivity contribution in [2.24, 2.45) is 0 Å². The van der Waals surface area contributed by atoms with Crippen LogP contribution in [0.2, 0.25) is 0 Å². The predicted octanol–water partition coefficient (Wildman–Crippen LogP) is 0.448. The Balaban J connectivity index is 1.19. The monoisotopic (exact) mass is 412 g/mol. The molecule has 0 radical (unpaired) electrons. The molecule has 3 saturated heterocycles. The van der Waals surface area contributed by atoms with Crippen molar-refractivity contribution >= 4 is 17.7 Å². The third-order valence-electron chi connectivity index (χ3n) is 6.90. The van der Waals surface area contributed by atoms with E-state index in [1.165, 1.54) is 0 Å². The number of carbonyl (C=O) groups is 3. The van der Waals surface area contributed by atoms with Crippen LogP contribution in [0, 0.1) is 0 Å². The summed E-state index contributed by atoms with van der Waals surface area (Å²) >= 11 is 0. The van der Waals surface area contributed by atoms with Crippen LogP contribution in [-0.2, 0) is 27.4 Å². The molecule has 8 nitrogen and oxygen atoms in total. The first-order valence-corrected chi connectivity index (χ1v) is 10.9. The van der Waals surface area contributed by atoms with Gasteiger partial charge in [-0.25, -0.2) is 0 Å². The molecule has 5 rings (SSSR count). The zero-order chi connectivity index (χ0) is 20.7. The Bertz CT molecular complexity index is 872. The van der Waals surface area contributed by atoms with Crippen LogP contribution < -0.4 is 16.0 Å². The zero-order valence-corrected chi connectivity index (χ0v) is 17.0. The minimum absolute atomic E-state index is 0.0977. The molecule has 0 aromatic heterocycles. The molecule has 160 valence electrons. The molecule has 1 aromatic carbocycles. The number of hydrogen-bond donors (Lipinski definition) is 3. The van der Waals surface area contributed by atoms with Crippen LogP contribution in [0.15, 0.2) is 18.2 Å². The third kappa shape index (κ3) is 3.53. The highest BCUT2D eigenvalue weighted by Gasteiger charge is 2.45. The fourth-order valence-corrected chi connectivity index (χ4v) is 5.26. The van der Waals surface area contributed by atoms with Gasteiger partial charge in [-0.05, 0) is 49.5 Å². The van der Waals surface area contributed by atoms with E-state index in [4.69, 9.17) is 4.74 Å². The largest absolute Gasteiger partial charge is 0.370 e. The summed E-state index contributed by atoms with van der Waals surface area (Å²) in [5.41, 5.74) is 2.81. The van der Waals surface area contributed by atoms with Gasteiger partial charge in [-0.1, -0.05) is 12.1 Å². The second kappa shape index (κ2) is 7.76. The third-order valence-corrected chi connectivity index (χ3v) is 6.90. The fraction of sp³-hybridized carbons (Fsp3) is 0.591. The van der Waals surface area contributed by atoms with E-state index in [0.29, 0.717) is 25.1 Å². The van der Waals surface area contributed by atoms with Crippen molar-refractivity contribution in [1.29, 1.82) is 0 Å². The fourth-order valence-electron chi connectivity index (χ4n) is 5.26. The van der Waals surface area contributed by atoms with Crippen LogP contribution >= 0.6 is 0 Å². The maximum absolute atomic E-state index is 12.9. The van der Waals surface area contributed by atoms with Crippen LogP contribution in [0.25, 0.3) is 0 Å². The van der Waals surface area contributed by atoms with Crippen LogP contribution in [0.1, 0.15) is 53.6 Å². The minimum Gasteiger partial charge on any atom is -0.370 e. The Morgan fingerprint density at radius 3 is 2.77 bits per heavy atom. The number of hydrogen-bond acceptors (Lipinski definition) is 6. The summed E-state index contributed by atoms with van der Waals surface area (Å²) in [5.74, 6) is -0.771. The minimum atomic E-state index is -0.576. The van der Waals surface area contributed by atoms with Gasteiger partial charge < -0.3 is 20.3 Å². The van der Waals surface area contributed by atoms with Gasteiger partial charge in [0, 0.05) is 38.0 Å². The number of nitrogens with zero attached hydrogens (tertiary/aromatic N) is 1. The van der Waals surface area contributed by atoms with Gasteiger partial charge in [0.2, 0.25) is 11.8 Å². The topological polar surface area (TPSA) is 99.8 Å². The molecule has 30 heavy (non-hydrogen) atoms. The van der Waals surface area contributed by atoms with E-state index in [1.54, 1.807) is 4.90 Å². The van der Waals surface area contributed by atoms with Crippen molar-refractivity contribution < 1.29 is 19.1 Å². The molecule has 0 saturated carbocycles. The number of fused-ring (bicyclic) bond motifs is 1. The number of imide groups is 1. The van der Waals surface area contributed by atoms with Crippen LogP contribution in [0.4, 0.5) is 0 Å². The Morgan fingerprint density at radius 2 is 2.00 bits per heavy atom. The first kappa shape index (κ1) is 19.7. The Labute approximate surface area is 175 Å². The lowest BCUT2D eigenvalue weighted by atomic mass is 9.81. The molecule has 1 aromatic rings. The number of amides is 3. The van der Waals surface area contributed by atoms with Gasteiger partial charge in [0.1, 0.15) is 6.04 Å². The number of rotatable bonds is 5. The summed E-state index contributed by atoms with van der Waals surface area (Å²) in [6.07, 6.45) is 4.19. The van der Waals surface area contributed by atoms with E-state index in [0.717, 1.165) is 50.0 Å². The molecular formula is C22H28N4O4. The quantitative estimate of drug-likeness (QED) is 0.608. The maximum Gasteiger partial charge on any atom is 0.255 e. The highest BCUT2D eigenvalue weighted by molar-refractivity contribution is 6.05. The first-order chi connectivity index (χ1) is 14.5. The Morgan fingerprint density at radius 1 is 1.20 bits per heavy atom. The molecule has 8 heteroatoms. The lowest BCUT2D eigenvalue weighted by molar-refractivity contribution is -0.214. The lowest BCUT2D eigenvalue weighted by Gasteiger charge is -2.50. The van der Waals surface area contributed by atoms with Crippen molar-refractivity contribution in [3.8, 4) is 0 Å². The van der Waals surface area contributed by atoms with E-state index in [2.05, 4.69) is 16.0 Å². The molecule has 3 fully saturated rings. The second-order valence-corrected chi connectivity index (χ2v) is 8.85. The molecule has 4 heterocycles. The van der Waals surface area contributed by atoms with Gasteiger partial charge >= 0.3 is 0 Å². The molecule has 1 spiro atoms. The number of nitrogens with one attached hydrogen (secondary N) is 3. The van der Waals surface area contributed by atoms with Crippen molar-refractivity contribution in [2.45, 2.75) is 62.9 Å². The smallest absolute Gasteiger partial charge is 0.255 e. The van der Waals surface area contributed by atoms with Crippen molar-refractivity contribution in [1.82, 2.24) is 20.9 Å². The molecule has 4 aliphatic rings. The van der Waals surface area contributed by atoms with Crippen LogP contribution in [0.5, 0.6) is 0 Å². The van der Waals surface area contributed by atoms with Gasteiger partial charge in [0.25, 0.3) is 5.91 Å². The van der Waals surface area contributed by atoms with Crippen LogP contribution in [0.3, 0.4) is 0 Å². The van der Waals surface area contributed by atoms with E-state index >= 15 is 0 Å². The molecule has 0 bridgehead atoms. The molecule has 2 unspecified atom stereocenters. The average molecular weight is 412 g/mol. The van der Waals surface area contributed by atoms with E-state index in [9.17, 15) is 14.4 Å². The highest BCUT2D eigenvalue weighted by Crippen LogP contribution is 2.39. The molecule has 3 amide bonds. The first-order valence-electron chi connectivity index (χ1n) is 10.9. The average Bonchev–Trinajstić information content (AvgIpc) is 3.05. The molecule has 4 aliphatic heterocycles. The van der Waals surface area contributed by atoms with Gasteiger partial charge in [-0.3, -0.25) is 19.7 Å². The number of ether oxygens (including phenoxy) is 1. The summed E-state index contributed by atoms with van der Waals surface area (Å²) in [5, 5.41) is 9.21. The normalized spacial score (nSPS) is 27.7. The molecular weight excluding hydrogens is 384 g/mol. The van der Waals surface area contributed by atoms with Crippen LogP contribution in [-0.4, -0.2) is 60.0 Å². The zero-order valence-electron chi connectivity index (χ0n) is 17.0. The molecule has 3 N–H and O–H groups in total. The summed E-state index contributed by atoms with van der Waals surface area (Å²) in [6, 6.07) is 5.17. The summed E-state index contributed by atoms with van der Waals surface area (Å²) < 4.78 is 6.20. The predicted molar refractivity (Wildman–Crippen MR) is 109 cm³/mol. The van der Waals surface area contributed by atoms with Gasteiger partial charge in [-0.2, -0.15) is 0 Å². The van der Waals surface area contributed by atoms with E-state index < -0.39 is 6.04 Å². The number of carbonyl (C=O) groups excluding carboxylic acids is 3. The van der Waals surface area contributed by atoms with Gasteiger partial charge in [0.15, 0.2) is 0 Å². The number of piperidine rings is 2. The highest BCUT2D eigenvalue weighted by atomic mass is 16.5. The Hall–Kier alpha value is -2.29. The summed E-state index contributed by atoms with van der Waals surface area (Å²) in [4.78, 5) is 38.2. The summed E-state index contributed by atoms with van der Waals surface area (Å²) in [7, 11) is 0.